The van der Waals surface area contributed by atoms with Gasteiger partial charge in [0, 0.05) is 78.0 Å². The van der Waals surface area contributed by atoms with E-state index in [1.54, 1.807) is 0 Å². The first-order valence-electron chi connectivity index (χ1n) is 23.6. The van der Waals surface area contributed by atoms with Crippen molar-refractivity contribution in [3.05, 3.63) is 241 Å². The minimum atomic E-state index is 0.345. The maximum absolute atomic E-state index is 2.74. The lowest BCUT2D eigenvalue weighted by molar-refractivity contribution is 0.0926. The highest BCUT2D eigenvalue weighted by Gasteiger charge is 2.22. The van der Waals surface area contributed by atoms with Gasteiger partial charge in [-0.1, -0.05) is 218 Å². The number of rotatable bonds is 12. The Morgan fingerprint density at radius 3 is 0.846 bits per heavy atom. The molecule has 1 aliphatic heterocycles. The van der Waals surface area contributed by atoms with Crippen molar-refractivity contribution in [1.82, 2.24) is 19.6 Å². The van der Waals surface area contributed by atoms with Crippen LogP contribution in [0, 0.1) is 0 Å². The van der Waals surface area contributed by atoms with Gasteiger partial charge >= 0.3 is 0 Å². The van der Waals surface area contributed by atoms with Gasteiger partial charge in [-0.05, 0) is 73.7 Å². The summed E-state index contributed by atoms with van der Waals surface area (Å²) in [4.78, 5) is 10.9. The summed E-state index contributed by atoms with van der Waals surface area (Å²) in [7, 11) is 0. The molecule has 1 saturated heterocycles. The van der Waals surface area contributed by atoms with Crippen molar-refractivity contribution in [3.8, 4) is 44.5 Å². The lowest BCUT2D eigenvalue weighted by Crippen LogP contribution is -2.48. The molecule has 4 nitrogen and oxygen atoms in total. The van der Waals surface area contributed by atoms with Crippen LogP contribution >= 0.6 is 0 Å². The molecule has 1 aliphatic rings. The van der Waals surface area contributed by atoms with Crippen LogP contribution in [0.3, 0.4) is 0 Å². The van der Waals surface area contributed by atoms with E-state index >= 15 is 0 Å². The van der Waals surface area contributed by atoms with Crippen LogP contribution in [0.5, 0.6) is 0 Å². The Labute approximate surface area is 388 Å². The second kappa shape index (κ2) is 22.0. The first kappa shape index (κ1) is 43.8. The highest BCUT2D eigenvalue weighted by Crippen LogP contribution is 2.25. The van der Waals surface area contributed by atoms with Crippen LogP contribution in [0.15, 0.2) is 218 Å². The zero-order valence-electron chi connectivity index (χ0n) is 37.9. The van der Waals surface area contributed by atoms with Crippen molar-refractivity contribution in [1.29, 1.82) is 0 Å². The van der Waals surface area contributed by atoms with E-state index in [9.17, 15) is 0 Å². The summed E-state index contributed by atoms with van der Waals surface area (Å²) in [6, 6.07) is 80.3. The van der Waals surface area contributed by atoms with Gasteiger partial charge in [-0.25, -0.2) is 0 Å². The third-order valence-corrected chi connectivity index (χ3v) is 13.2. The number of benzene rings is 8. The van der Waals surface area contributed by atoms with Crippen LogP contribution in [-0.2, 0) is 26.2 Å². The molecular weight excluding hydrogens is 789 g/mol. The highest BCUT2D eigenvalue weighted by atomic mass is 15.3. The predicted octanol–water partition coefficient (Wildman–Crippen LogP) is 13.1. The Hall–Kier alpha value is -6.40. The molecule has 4 heteroatoms. The topological polar surface area (TPSA) is 13.0 Å². The summed E-state index contributed by atoms with van der Waals surface area (Å²) < 4.78 is 0. The highest BCUT2D eigenvalue weighted by molar-refractivity contribution is 5.66. The quantitative estimate of drug-likeness (QED) is 0.121. The summed E-state index contributed by atoms with van der Waals surface area (Å²) >= 11 is 0. The van der Waals surface area contributed by atoms with Gasteiger partial charge in [0.05, 0.1) is 0 Å². The van der Waals surface area contributed by atoms with E-state index in [1.807, 2.05) is 0 Å². The lowest BCUT2D eigenvalue weighted by atomic mass is 10.0. The molecule has 0 aliphatic carbocycles. The van der Waals surface area contributed by atoms with Crippen LogP contribution in [0.1, 0.15) is 29.2 Å². The zero-order valence-corrected chi connectivity index (χ0v) is 37.9. The van der Waals surface area contributed by atoms with Gasteiger partial charge in [0.2, 0.25) is 0 Å². The molecule has 0 aromatic heterocycles. The van der Waals surface area contributed by atoms with E-state index in [0.29, 0.717) is 6.04 Å². The molecule has 1 atom stereocenters. The Morgan fingerprint density at radius 2 is 0.523 bits per heavy atom. The van der Waals surface area contributed by atoms with Crippen molar-refractivity contribution >= 4 is 0 Å². The van der Waals surface area contributed by atoms with E-state index in [4.69, 9.17) is 0 Å². The van der Waals surface area contributed by atoms with Crippen LogP contribution < -0.4 is 0 Å². The average molecular weight is 851 g/mol. The second-order valence-electron chi connectivity index (χ2n) is 17.9. The monoisotopic (exact) mass is 850 g/mol. The molecule has 0 bridgehead atoms. The fraction of sp³-hybridized carbons (Fsp3) is 0.213. The molecule has 0 amide bonds. The van der Waals surface area contributed by atoms with E-state index < -0.39 is 0 Å². The van der Waals surface area contributed by atoms with E-state index in [2.05, 4.69) is 245 Å². The number of hydrogen-bond acceptors (Lipinski definition) is 4. The Morgan fingerprint density at radius 1 is 0.277 bits per heavy atom. The third kappa shape index (κ3) is 12.2. The molecule has 1 heterocycles. The van der Waals surface area contributed by atoms with Crippen molar-refractivity contribution in [2.75, 3.05) is 45.8 Å². The second-order valence-corrected chi connectivity index (χ2v) is 17.9. The molecule has 8 aromatic carbocycles. The lowest BCUT2D eigenvalue weighted by Gasteiger charge is -2.38. The van der Waals surface area contributed by atoms with Crippen molar-refractivity contribution in [3.63, 3.8) is 0 Å². The maximum atomic E-state index is 2.74. The average Bonchev–Trinajstić information content (AvgIpc) is 3.37. The van der Waals surface area contributed by atoms with E-state index in [1.165, 1.54) is 66.8 Å². The summed E-state index contributed by atoms with van der Waals surface area (Å²) in [5, 5.41) is 0. The largest absolute Gasteiger partial charge is 0.297 e. The molecular formula is C61H62N4. The van der Waals surface area contributed by atoms with E-state index in [-0.39, 0.29) is 0 Å². The van der Waals surface area contributed by atoms with Crippen molar-refractivity contribution in [2.45, 2.75) is 39.1 Å². The molecule has 0 radical (unpaired) electrons. The summed E-state index contributed by atoms with van der Waals surface area (Å²) in [6.07, 6.45) is 0. The van der Waals surface area contributed by atoms with Crippen molar-refractivity contribution < 1.29 is 0 Å². The minimum absolute atomic E-state index is 0.345. The van der Waals surface area contributed by atoms with Crippen LogP contribution in [0.25, 0.3) is 44.5 Å². The van der Waals surface area contributed by atoms with Crippen LogP contribution in [0.2, 0.25) is 0 Å². The van der Waals surface area contributed by atoms with Gasteiger partial charge in [0.15, 0.2) is 0 Å². The summed E-state index contributed by atoms with van der Waals surface area (Å²) in [5.74, 6) is 0. The predicted molar refractivity (Wildman–Crippen MR) is 273 cm³/mol. The summed E-state index contributed by atoms with van der Waals surface area (Å²) in [5.41, 5.74) is 15.6. The SMILES string of the molecule is C[C@@H]1CN(Cc2ccc(-c3ccccc3)cc2)CCN(Cc2ccc(-c3ccccc3)cc2)CCN(Cc2ccc(-c3ccccc3)cc2)CCN1Cc1ccc(-c2ccccc2)cc1. The van der Waals surface area contributed by atoms with Gasteiger partial charge < -0.3 is 0 Å². The molecule has 8 aromatic rings. The number of hydrogen-bond donors (Lipinski definition) is 0. The van der Waals surface area contributed by atoms with Gasteiger partial charge in [-0.3, -0.25) is 19.6 Å². The van der Waals surface area contributed by atoms with Gasteiger partial charge in [0.25, 0.3) is 0 Å². The summed E-state index contributed by atoms with van der Waals surface area (Å²) in [6.45, 7) is 13.1. The molecule has 0 spiro atoms. The van der Waals surface area contributed by atoms with Crippen molar-refractivity contribution in [2.24, 2.45) is 0 Å². The third-order valence-electron chi connectivity index (χ3n) is 13.2. The first-order chi connectivity index (χ1) is 32.1. The molecule has 326 valence electrons. The fourth-order valence-electron chi connectivity index (χ4n) is 9.30. The minimum Gasteiger partial charge on any atom is -0.297 e. The van der Waals surface area contributed by atoms with Gasteiger partial charge in [0.1, 0.15) is 0 Å². The molecule has 0 N–H and O–H groups in total. The molecule has 0 unspecified atom stereocenters. The number of nitrogens with zero attached hydrogens (tertiary/aromatic N) is 4. The maximum Gasteiger partial charge on any atom is 0.0237 e. The Bertz CT molecular complexity index is 2610. The van der Waals surface area contributed by atoms with E-state index in [0.717, 1.165) is 72.0 Å². The van der Waals surface area contributed by atoms with Gasteiger partial charge in [-0.2, -0.15) is 0 Å². The zero-order chi connectivity index (χ0) is 44.0. The smallest absolute Gasteiger partial charge is 0.0237 e. The Balaban J connectivity index is 0.977. The molecule has 65 heavy (non-hydrogen) atoms. The molecule has 0 saturated carbocycles. The van der Waals surface area contributed by atoms with Crippen LogP contribution in [0.4, 0.5) is 0 Å². The normalized spacial score (nSPS) is 16.1. The molecule has 9 rings (SSSR count). The standard InChI is InChI=1S/C61H62N4/c1-49-44-64(47-52-26-34-60(35-27-52)56-18-10-4-11-19-56)41-40-62(45-50-22-30-58(31-23-50)54-14-6-2-7-15-54)38-39-63(46-51-24-32-59(33-25-51)55-16-8-3-9-17-55)42-43-65(49)48-53-28-36-61(37-29-53)57-20-12-5-13-21-57/h2-37,49H,38-48H2,1H3/t49-/m1/s1. The first-order valence-corrected chi connectivity index (χ1v) is 23.6. The van der Waals surface area contributed by atoms with Crippen LogP contribution in [-0.4, -0.2) is 71.5 Å². The van der Waals surface area contributed by atoms with Gasteiger partial charge in [-0.15, -0.1) is 0 Å². The molecule has 1 fully saturated rings. The fourth-order valence-corrected chi connectivity index (χ4v) is 9.30. The Kier molecular flexibility index (Phi) is 14.8.